The van der Waals surface area contributed by atoms with E-state index in [1.807, 2.05) is 0 Å². The Morgan fingerprint density at radius 3 is 2.38 bits per heavy atom. The van der Waals surface area contributed by atoms with Gasteiger partial charge in [-0.3, -0.25) is 14.0 Å². The molecule has 2 rings (SSSR count). The van der Waals surface area contributed by atoms with E-state index in [-0.39, 0.29) is 28.5 Å². The molecular formula is C17H16F6N2O3S. The van der Waals surface area contributed by atoms with Gasteiger partial charge in [0.25, 0.3) is 5.56 Å². The molecule has 0 bridgehead atoms. The molecule has 29 heavy (non-hydrogen) atoms. The maximum absolute atomic E-state index is 14.2. The monoisotopic (exact) mass is 442 g/mol. The Balaban J connectivity index is 2.56. The Bertz CT molecular complexity index is 930. The van der Waals surface area contributed by atoms with Gasteiger partial charge in [-0.2, -0.15) is 26.3 Å². The van der Waals surface area contributed by atoms with Crippen molar-refractivity contribution in [2.75, 3.05) is 6.61 Å². The van der Waals surface area contributed by atoms with Crippen molar-refractivity contribution < 1.29 is 34.7 Å². The molecule has 0 fully saturated rings. The Morgan fingerprint density at radius 2 is 1.79 bits per heavy atom. The molecule has 12 heteroatoms. The van der Waals surface area contributed by atoms with Crippen molar-refractivity contribution >= 4 is 12.3 Å². The Kier molecular flexibility index (Phi) is 6.58. The van der Waals surface area contributed by atoms with Gasteiger partial charge < -0.3 is 8.75 Å². The lowest BCUT2D eigenvalue weighted by atomic mass is 10.0. The first-order chi connectivity index (χ1) is 13.4. The molecule has 0 amide bonds. The van der Waals surface area contributed by atoms with E-state index < -0.39 is 29.0 Å². The lowest BCUT2D eigenvalue weighted by Crippen LogP contribution is -2.52. The molecule has 0 saturated carbocycles. The van der Waals surface area contributed by atoms with E-state index in [9.17, 15) is 31.1 Å². The van der Waals surface area contributed by atoms with Gasteiger partial charge in [-0.1, -0.05) is 0 Å². The van der Waals surface area contributed by atoms with Gasteiger partial charge in [0.1, 0.15) is 5.69 Å². The first-order valence-corrected chi connectivity index (χ1v) is 8.78. The number of alkyl halides is 6. The molecule has 0 N–H and O–H groups in total. The molecule has 0 atom stereocenters. The summed E-state index contributed by atoms with van der Waals surface area (Å²) in [6, 6.07) is 4.17. The van der Waals surface area contributed by atoms with Crippen LogP contribution in [0.5, 0.6) is 5.75 Å². The predicted octanol–water partition coefficient (Wildman–Crippen LogP) is 4.81. The quantitative estimate of drug-likeness (QED) is 0.334. The summed E-state index contributed by atoms with van der Waals surface area (Å²) in [5, 5.41) is 0. The fourth-order valence-corrected chi connectivity index (χ4v) is 2.69. The summed E-state index contributed by atoms with van der Waals surface area (Å²) < 4.78 is 92.5. The van der Waals surface area contributed by atoms with Crippen molar-refractivity contribution in [2.24, 2.45) is 7.05 Å². The second-order valence-electron chi connectivity index (χ2n) is 5.94. The van der Waals surface area contributed by atoms with Gasteiger partial charge in [0.05, 0.1) is 17.9 Å². The minimum Gasteiger partial charge on any atom is -0.398 e. The van der Waals surface area contributed by atoms with Crippen LogP contribution in [0.25, 0.3) is 11.3 Å². The number of hydrogen-bond acceptors (Lipinski definition) is 5. The molecule has 0 radical (unpaired) electrons. The Hall–Kier alpha value is -2.21. The lowest BCUT2D eigenvalue weighted by Gasteiger charge is -2.31. The van der Waals surface area contributed by atoms with Crippen LogP contribution in [0.3, 0.4) is 0 Å². The second-order valence-corrected chi connectivity index (χ2v) is 6.48. The van der Waals surface area contributed by atoms with Crippen molar-refractivity contribution in [1.82, 2.24) is 9.55 Å². The maximum atomic E-state index is 14.2. The summed E-state index contributed by atoms with van der Waals surface area (Å²) >= 11 is 0.587. The molecule has 0 saturated heterocycles. The number of rotatable bonds is 8. The van der Waals surface area contributed by atoms with Gasteiger partial charge in [-0.25, -0.2) is 0 Å². The maximum Gasteiger partial charge on any atom is 0.377 e. The van der Waals surface area contributed by atoms with Crippen molar-refractivity contribution in [3.05, 3.63) is 46.5 Å². The van der Waals surface area contributed by atoms with Gasteiger partial charge in [-0.15, -0.1) is 0 Å². The molecule has 0 aliphatic rings. The minimum absolute atomic E-state index is 0.0491. The lowest BCUT2D eigenvalue weighted by molar-refractivity contribution is -0.310. The van der Waals surface area contributed by atoms with Crippen molar-refractivity contribution in [3.63, 3.8) is 0 Å². The van der Waals surface area contributed by atoms with E-state index in [0.717, 1.165) is 13.1 Å². The van der Waals surface area contributed by atoms with Crippen LogP contribution in [-0.2, 0) is 17.2 Å². The fourth-order valence-electron chi connectivity index (χ4n) is 2.34. The summed E-state index contributed by atoms with van der Waals surface area (Å²) in [7, 11) is 0.775. The topological polar surface area (TPSA) is 53.4 Å². The molecule has 2 aromatic rings. The molecule has 2 aromatic heterocycles. The van der Waals surface area contributed by atoms with Gasteiger partial charge in [0, 0.05) is 20.2 Å². The van der Waals surface area contributed by atoms with E-state index in [1.54, 1.807) is 6.92 Å². The van der Waals surface area contributed by atoms with Gasteiger partial charge in [0.2, 0.25) is 12.3 Å². The zero-order valence-electron chi connectivity index (χ0n) is 15.4. The highest BCUT2D eigenvalue weighted by Crippen LogP contribution is 2.50. The highest BCUT2D eigenvalue weighted by Gasteiger charge is 2.70. The Labute approximate surface area is 166 Å². The average Bonchev–Trinajstić information content (AvgIpc) is 2.63. The smallest absolute Gasteiger partial charge is 0.377 e. The summed E-state index contributed by atoms with van der Waals surface area (Å²) in [5.74, 6) is -16.0. The van der Waals surface area contributed by atoms with Gasteiger partial charge in [0.15, 0.2) is 5.75 Å². The van der Waals surface area contributed by atoms with Crippen LogP contribution in [0.1, 0.15) is 19.5 Å². The van der Waals surface area contributed by atoms with Crippen LogP contribution in [-0.4, -0.2) is 28.0 Å². The van der Waals surface area contributed by atoms with Crippen LogP contribution >= 0.6 is 12.3 Å². The largest absolute Gasteiger partial charge is 0.398 e. The van der Waals surface area contributed by atoms with Crippen molar-refractivity contribution in [2.45, 2.75) is 31.6 Å². The van der Waals surface area contributed by atoms with Gasteiger partial charge in [-0.05, 0) is 31.2 Å². The average molecular weight is 442 g/mol. The number of hydrogen-bond donors (Lipinski definition) is 0. The van der Waals surface area contributed by atoms with Crippen LogP contribution in [0.4, 0.5) is 26.3 Å². The second kappa shape index (κ2) is 8.27. The molecule has 0 aliphatic heterocycles. The van der Waals surface area contributed by atoms with Crippen LogP contribution < -0.4 is 9.74 Å². The minimum atomic E-state index is -5.72. The van der Waals surface area contributed by atoms with E-state index in [1.165, 1.54) is 18.3 Å². The molecule has 0 aliphatic carbocycles. The number of nitrogens with zero attached hydrogens (tertiary/aromatic N) is 2. The number of aromatic nitrogens is 2. The van der Waals surface area contributed by atoms with Crippen LogP contribution in [0.2, 0.25) is 0 Å². The number of pyridine rings is 2. The van der Waals surface area contributed by atoms with Crippen LogP contribution in [0.15, 0.2) is 35.3 Å². The molecule has 0 unspecified atom stereocenters. The highest BCUT2D eigenvalue weighted by molar-refractivity contribution is 7.90. The Morgan fingerprint density at radius 1 is 1.14 bits per heavy atom. The van der Waals surface area contributed by atoms with E-state index in [0.29, 0.717) is 25.0 Å². The SMILES string of the molecule is CCOSOc1cccnc1-c1ccc(C(F)(F)C(F)(F)C(C)(F)F)n(C)c1=O. The third-order valence-corrected chi connectivity index (χ3v) is 4.47. The van der Waals surface area contributed by atoms with Crippen molar-refractivity contribution in [3.8, 4) is 17.0 Å². The van der Waals surface area contributed by atoms with E-state index in [4.69, 9.17) is 8.37 Å². The molecule has 0 aromatic carbocycles. The molecule has 160 valence electrons. The highest BCUT2D eigenvalue weighted by atomic mass is 32.2. The zero-order valence-corrected chi connectivity index (χ0v) is 16.2. The summed E-state index contributed by atoms with van der Waals surface area (Å²) in [5.41, 5.74) is -3.05. The summed E-state index contributed by atoms with van der Waals surface area (Å²) in [6.07, 6.45) is 1.29. The summed E-state index contributed by atoms with van der Waals surface area (Å²) in [4.78, 5) is 16.5. The first kappa shape index (κ1) is 23.1. The van der Waals surface area contributed by atoms with Crippen LogP contribution in [0, 0.1) is 0 Å². The van der Waals surface area contributed by atoms with Gasteiger partial charge >= 0.3 is 17.8 Å². The molecule has 5 nitrogen and oxygen atoms in total. The fraction of sp³-hybridized carbons (Fsp3) is 0.412. The summed E-state index contributed by atoms with van der Waals surface area (Å²) in [6.45, 7) is 1.69. The predicted molar refractivity (Wildman–Crippen MR) is 94.2 cm³/mol. The normalized spacial score (nSPS) is 12.9. The zero-order chi connectivity index (χ0) is 22.0. The van der Waals surface area contributed by atoms with Crippen molar-refractivity contribution in [1.29, 1.82) is 0 Å². The molecule has 0 spiro atoms. The van der Waals surface area contributed by atoms with E-state index >= 15 is 0 Å². The molecular weight excluding hydrogens is 426 g/mol. The van der Waals surface area contributed by atoms with E-state index in [2.05, 4.69) is 4.98 Å². The first-order valence-electron chi connectivity index (χ1n) is 8.11. The third kappa shape index (κ3) is 4.22. The third-order valence-electron chi connectivity index (χ3n) is 3.89. The standard InChI is InChI=1S/C17H16F6N2O3S/c1-4-27-29-28-11-6-5-9-24-13(11)10-7-8-12(25(3)14(10)26)16(20,21)17(22,23)15(2,18)19/h5-9H,4H2,1-3H3. The number of halogens is 6. The molecule has 2 heterocycles.